The zero-order valence-electron chi connectivity index (χ0n) is 15.3. The number of ether oxygens (including phenoxy) is 2. The van der Waals surface area contributed by atoms with E-state index in [9.17, 15) is 15.4 Å². The number of aromatic nitrogens is 2. The molecule has 8 nitrogen and oxygen atoms in total. The summed E-state index contributed by atoms with van der Waals surface area (Å²) in [4.78, 5) is 19.3. The number of non-ortho nitro benzene ring substituents is 1. The zero-order chi connectivity index (χ0) is 19.4. The second-order valence-electron chi connectivity index (χ2n) is 6.09. The van der Waals surface area contributed by atoms with Crippen LogP contribution in [0.3, 0.4) is 0 Å². The molecule has 2 rings (SSSR count). The van der Waals surface area contributed by atoms with E-state index in [0.29, 0.717) is 28.3 Å². The van der Waals surface area contributed by atoms with Crippen LogP contribution in [-0.4, -0.2) is 29.1 Å². The molecule has 0 aliphatic heterocycles. The van der Waals surface area contributed by atoms with Crippen molar-refractivity contribution in [3.05, 3.63) is 50.7 Å². The normalized spacial score (nSPS) is 11.7. The Balaban J connectivity index is 2.75. The van der Waals surface area contributed by atoms with Crippen LogP contribution in [0.15, 0.2) is 18.2 Å². The summed E-state index contributed by atoms with van der Waals surface area (Å²) in [5, 5.41) is 21.0. The number of nitro benzene ring substituents is 1. The monoisotopic (exact) mass is 356 g/mol. The van der Waals surface area contributed by atoms with E-state index in [1.165, 1.54) is 26.4 Å². The van der Waals surface area contributed by atoms with E-state index >= 15 is 0 Å². The first-order valence-electron chi connectivity index (χ1n) is 7.97. The average Bonchev–Trinajstić information content (AvgIpc) is 2.60. The summed E-state index contributed by atoms with van der Waals surface area (Å²) in [5.41, 5.74) is 2.20. The molecule has 26 heavy (non-hydrogen) atoms. The molecule has 1 unspecified atom stereocenters. The van der Waals surface area contributed by atoms with Gasteiger partial charge in [0.2, 0.25) is 5.88 Å². The number of hydrogen-bond acceptors (Lipinski definition) is 7. The van der Waals surface area contributed by atoms with Crippen molar-refractivity contribution in [2.45, 2.75) is 32.6 Å². The highest BCUT2D eigenvalue weighted by Crippen LogP contribution is 2.36. The van der Waals surface area contributed by atoms with Crippen molar-refractivity contribution in [1.29, 1.82) is 5.26 Å². The molecule has 8 heteroatoms. The predicted octanol–water partition coefficient (Wildman–Crippen LogP) is 3.49. The molecule has 0 spiro atoms. The molecule has 1 heterocycles. The van der Waals surface area contributed by atoms with Crippen molar-refractivity contribution in [3.8, 4) is 18.0 Å². The molecule has 2 aromatic rings. The molecule has 0 radical (unpaired) electrons. The number of nitriles is 1. The number of methoxy groups -OCH3 is 2. The van der Waals surface area contributed by atoms with E-state index in [4.69, 9.17) is 9.47 Å². The van der Waals surface area contributed by atoms with E-state index < -0.39 is 10.8 Å². The first-order valence-corrected chi connectivity index (χ1v) is 7.97. The van der Waals surface area contributed by atoms with Crippen LogP contribution in [0.5, 0.6) is 11.9 Å². The van der Waals surface area contributed by atoms with Crippen molar-refractivity contribution in [2.24, 2.45) is 0 Å². The molecule has 0 amide bonds. The molecule has 0 N–H and O–H groups in total. The Hall–Kier alpha value is -3.21. The molecule has 0 saturated heterocycles. The van der Waals surface area contributed by atoms with Crippen LogP contribution in [-0.2, 0) is 0 Å². The second kappa shape index (κ2) is 7.78. The van der Waals surface area contributed by atoms with Gasteiger partial charge in [-0.1, -0.05) is 19.9 Å². The minimum Gasteiger partial charge on any atom is -0.481 e. The minimum absolute atomic E-state index is 0.0264. The maximum Gasteiger partial charge on any atom is 0.319 e. The van der Waals surface area contributed by atoms with Crippen molar-refractivity contribution in [2.75, 3.05) is 14.2 Å². The molecule has 0 bridgehead atoms. The van der Waals surface area contributed by atoms with Crippen molar-refractivity contribution in [1.82, 2.24) is 9.97 Å². The second-order valence-corrected chi connectivity index (χ2v) is 6.09. The van der Waals surface area contributed by atoms with Crippen LogP contribution < -0.4 is 9.47 Å². The minimum atomic E-state index is -0.822. The standard InChI is InChI=1S/C18H20N4O4/c1-10(2)15-16(20-18(26-5)21-17(15)25-4)14(9-19)12-6-11(3)7-13(8-12)22(23)24/h6-8,10,14H,1-5H3. The third-order valence-electron chi connectivity index (χ3n) is 3.90. The van der Waals surface area contributed by atoms with E-state index in [1.54, 1.807) is 13.0 Å². The third-order valence-corrected chi connectivity index (χ3v) is 3.90. The molecule has 0 fully saturated rings. The quantitative estimate of drug-likeness (QED) is 0.575. The Morgan fingerprint density at radius 3 is 2.38 bits per heavy atom. The zero-order valence-corrected chi connectivity index (χ0v) is 15.3. The lowest BCUT2D eigenvalue weighted by Crippen LogP contribution is -2.12. The fourth-order valence-electron chi connectivity index (χ4n) is 2.81. The third kappa shape index (κ3) is 3.72. The molecule has 0 aliphatic carbocycles. The number of nitro groups is 1. The summed E-state index contributed by atoms with van der Waals surface area (Å²) in [6.45, 7) is 5.62. The van der Waals surface area contributed by atoms with Crippen LogP contribution in [0.2, 0.25) is 0 Å². The van der Waals surface area contributed by atoms with Crippen LogP contribution in [0.25, 0.3) is 0 Å². The Kier molecular flexibility index (Phi) is 5.72. The summed E-state index contributed by atoms with van der Waals surface area (Å²) in [5.74, 6) is -0.525. The van der Waals surface area contributed by atoms with Gasteiger partial charge in [-0.15, -0.1) is 0 Å². The van der Waals surface area contributed by atoms with E-state index in [1.807, 2.05) is 13.8 Å². The average molecular weight is 356 g/mol. The molecule has 1 aromatic carbocycles. The van der Waals surface area contributed by atoms with Crippen LogP contribution in [0.4, 0.5) is 5.69 Å². The SMILES string of the molecule is COc1nc(OC)c(C(C)C)c(C(C#N)c2cc(C)cc([N+](=O)[O-])c2)n1. The number of aryl methyl sites for hydroxylation is 1. The largest absolute Gasteiger partial charge is 0.481 e. The fraction of sp³-hybridized carbons (Fsp3) is 0.389. The van der Waals surface area contributed by atoms with Gasteiger partial charge in [-0.25, -0.2) is 0 Å². The summed E-state index contributed by atoms with van der Waals surface area (Å²) < 4.78 is 10.5. The molecule has 0 aliphatic rings. The van der Waals surface area contributed by atoms with Gasteiger partial charge in [0.25, 0.3) is 5.69 Å². The van der Waals surface area contributed by atoms with Gasteiger partial charge in [-0.2, -0.15) is 15.2 Å². The van der Waals surface area contributed by atoms with Gasteiger partial charge in [-0.05, 0) is 24.0 Å². The van der Waals surface area contributed by atoms with Gasteiger partial charge in [0.1, 0.15) is 5.92 Å². The van der Waals surface area contributed by atoms with E-state index in [2.05, 4.69) is 16.0 Å². The van der Waals surface area contributed by atoms with E-state index in [0.717, 1.165) is 0 Å². The smallest absolute Gasteiger partial charge is 0.319 e. The number of nitrogens with zero attached hydrogens (tertiary/aromatic N) is 4. The van der Waals surface area contributed by atoms with Gasteiger partial charge in [-0.3, -0.25) is 10.1 Å². The Labute approximate surface area is 151 Å². The number of rotatable bonds is 6. The van der Waals surface area contributed by atoms with Crippen LogP contribution in [0.1, 0.15) is 48.1 Å². The molecular weight excluding hydrogens is 336 g/mol. The van der Waals surface area contributed by atoms with Crippen LogP contribution >= 0.6 is 0 Å². The van der Waals surface area contributed by atoms with Gasteiger partial charge in [0.15, 0.2) is 0 Å². The van der Waals surface area contributed by atoms with Crippen molar-refractivity contribution < 1.29 is 14.4 Å². The Morgan fingerprint density at radius 2 is 1.88 bits per heavy atom. The maximum atomic E-state index is 11.2. The van der Waals surface area contributed by atoms with Crippen molar-refractivity contribution in [3.63, 3.8) is 0 Å². The summed E-state index contributed by atoms with van der Waals surface area (Å²) in [6.07, 6.45) is 0. The topological polar surface area (TPSA) is 111 Å². The molecule has 0 saturated carbocycles. The van der Waals surface area contributed by atoms with E-state index in [-0.39, 0.29) is 17.6 Å². The molecule has 136 valence electrons. The molecule has 1 atom stereocenters. The Bertz CT molecular complexity index is 874. The highest BCUT2D eigenvalue weighted by atomic mass is 16.6. The van der Waals surface area contributed by atoms with Gasteiger partial charge >= 0.3 is 6.01 Å². The molecular formula is C18H20N4O4. The lowest BCUT2D eigenvalue weighted by Gasteiger charge is -2.19. The highest BCUT2D eigenvalue weighted by molar-refractivity contribution is 5.49. The summed E-state index contributed by atoms with van der Waals surface area (Å²) >= 11 is 0. The first kappa shape index (κ1) is 19.1. The van der Waals surface area contributed by atoms with Gasteiger partial charge in [0, 0.05) is 17.7 Å². The number of hydrogen-bond donors (Lipinski definition) is 0. The summed E-state index contributed by atoms with van der Waals surface area (Å²) in [6, 6.07) is 6.87. The lowest BCUT2D eigenvalue weighted by molar-refractivity contribution is -0.385. The fourth-order valence-corrected chi connectivity index (χ4v) is 2.81. The lowest BCUT2D eigenvalue weighted by atomic mass is 9.89. The molecule has 1 aromatic heterocycles. The highest BCUT2D eigenvalue weighted by Gasteiger charge is 2.27. The Morgan fingerprint density at radius 1 is 1.19 bits per heavy atom. The van der Waals surface area contributed by atoms with Crippen molar-refractivity contribution >= 4 is 5.69 Å². The summed E-state index contributed by atoms with van der Waals surface area (Å²) in [7, 11) is 2.91. The maximum absolute atomic E-state index is 11.2. The van der Waals surface area contributed by atoms with Gasteiger partial charge in [0.05, 0.1) is 30.9 Å². The van der Waals surface area contributed by atoms with Crippen LogP contribution in [0, 0.1) is 28.4 Å². The first-order chi connectivity index (χ1) is 12.3. The predicted molar refractivity (Wildman–Crippen MR) is 94.5 cm³/mol. The van der Waals surface area contributed by atoms with Gasteiger partial charge < -0.3 is 9.47 Å². The number of benzene rings is 1.